The maximum atomic E-state index is 13.1. The molecule has 0 bridgehead atoms. The van der Waals surface area contributed by atoms with Gasteiger partial charge in [0.1, 0.15) is 12.1 Å². The third-order valence-electron chi connectivity index (χ3n) is 5.04. The number of urea groups is 1. The molecule has 0 radical (unpaired) electrons. The minimum Gasteiger partial charge on any atom is -0.454 e. The van der Waals surface area contributed by atoms with Crippen LogP contribution >= 0.6 is 11.8 Å². The van der Waals surface area contributed by atoms with E-state index in [1.807, 2.05) is 12.1 Å². The molecule has 2 aliphatic rings. The number of thioether (sulfide) groups is 1. The second-order valence-electron chi connectivity index (χ2n) is 7.16. The number of hydrogen-bond donors (Lipinski definition) is 2. The monoisotopic (exact) mass is 439 g/mol. The molecule has 1 atom stereocenters. The Labute approximate surface area is 183 Å². The summed E-state index contributed by atoms with van der Waals surface area (Å²) >= 11 is 1.52. The number of anilines is 1. The highest BCUT2D eigenvalue weighted by Gasteiger charge is 2.49. The Morgan fingerprint density at radius 3 is 2.84 bits per heavy atom. The minimum absolute atomic E-state index is 0.106. The highest BCUT2D eigenvalue weighted by molar-refractivity contribution is 7.99. The minimum atomic E-state index is -1.31. The van der Waals surface area contributed by atoms with E-state index in [0.29, 0.717) is 28.5 Å². The van der Waals surface area contributed by atoms with Crippen molar-refractivity contribution in [2.75, 3.05) is 24.4 Å². The Balaban J connectivity index is 1.48. The van der Waals surface area contributed by atoms with E-state index >= 15 is 0 Å². The first-order chi connectivity index (χ1) is 14.9. The second kappa shape index (κ2) is 8.35. The molecule has 1 saturated heterocycles. The molecule has 160 valence electrons. The summed E-state index contributed by atoms with van der Waals surface area (Å²) in [7, 11) is 0. The number of para-hydroxylation sites is 1. The first-order valence-electron chi connectivity index (χ1n) is 9.59. The Morgan fingerprint density at radius 1 is 1.26 bits per heavy atom. The zero-order valence-electron chi connectivity index (χ0n) is 16.8. The molecule has 31 heavy (non-hydrogen) atoms. The van der Waals surface area contributed by atoms with Crippen molar-refractivity contribution >= 4 is 35.3 Å². The summed E-state index contributed by atoms with van der Waals surface area (Å²) in [5, 5.41) is 5.48. The van der Waals surface area contributed by atoms with Gasteiger partial charge in [-0.15, -0.1) is 18.3 Å². The average Bonchev–Trinajstić information content (AvgIpc) is 3.31. The van der Waals surface area contributed by atoms with Gasteiger partial charge in [-0.1, -0.05) is 24.3 Å². The van der Waals surface area contributed by atoms with E-state index in [1.54, 1.807) is 43.3 Å². The van der Waals surface area contributed by atoms with E-state index < -0.39 is 29.9 Å². The molecule has 8 nitrogen and oxygen atoms in total. The van der Waals surface area contributed by atoms with Crippen LogP contribution in [0.5, 0.6) is 11.5 Å². The quantitative estimate of drug-likeness (QED) is 0.391. The van der Waals surface area contributed by atoms with Crippen LogP contribution in [0.4, 0.5) is 10.5 Å². The van der Waals surface area contributed by atoms with Crippen molar-refractivity contribution in [2.45, 2.75) is 17.4 Å². The fourth-order valence-corrected chi connectivity index (χ4v) is 4.17. The van der Waals surface area contributed by atoms with Crippen LogP contribution in [-0.4, -0.2) is 41.8 Å². The molecule has 0 aromatic heterocycles. The van der Waals surface area contributed by atoms with Gasteiger partial charge in [-0.05, 0) is 36.8 Å². The standard InChI is InChI=1S/C22H21N3O5S/c1-3-10-31-18-7-5-4-6-15(18)23-19(26)12-25-20(27)22(2,24-21(25)28)14-8-9-16-17(11-14)30-13-29-16/h3-9,11H,1,10,12-13H2,2H3,(H,23,26)(H,24,28). The van der Waals surface area contributed by atoms with Gasteiger partial charge in [0.25, 0.3) is 5.91 Å². The van der Waals surface area contributed by atoms with Crippen molar-refractivity contribution in [1.29, 1.82) is 0 Å². The average molecular weight is 439 g/mol. The summed E-state index contributed by atoms with van der Waals surface area (Å²) in [6, 6.07) is 11.7. The van der Waals surface area contributed by atoms with Crippen molar-refractivity contribution in [3.8, 4) is 11.5 Å². The predicted molar refractivity (Wildman–Crippen MR) is 116 cm³/mol. The fraction of sp³-hybridized carbons (Fsp3) is 0.227. The highest BCUT2D eigenvalue weighted by atomic mass is 32.2. The molecule has 0 saturated carbocycles. The summed E-state index contributed by atoms with van der Waals surface area (Å²) < 4.78 is 10.7. The zero-order valence-corrected chi connectivity index (χ0v) is 17.7. The van der Waals surface area contributed by atoms with Crippen LogP contribution in [0.2, 0.25) is 0 Å². The molecule has 0 aliphatic carbocycles. The summed E-state index contributed by atoms with van der Waals surface area (Å²) in [6.07, 6.45) is 1.77. The molecule has 2 aliphatic heterocycles. The molecule has 2 heterocycles. The Bertz CT molecular complexity index is 1070. The van der Waals surface area contributed by atoms with Gasteiger partial charge in [-0.25, -0.2) is 4.79 Å². The number of rotatable bonds is 7. The third kappa shape index (κ3) is 3.96. The first kappa shape index (κ1) is 20.8. The number of hydrogen-bond acceptors (Lipinski definition) is 6. The van der Waals surface area contributed by atoms with E-state index in [4.69, 9.17) is 9.47 Å². The molecule has 2 aromatic rings. The maximum absolute atomic E-state index is 13.1. The highest BCUT2D eigenvalue weighted by Crippen LogP contribution is 2.37. The van der Waals surface area contributed by atoms with Crippen LogP contribution in [0, 0.1) is 0 Å². The number of ether oxygens (including phenoxy) is 2. The van der Waals surface area contributed by atoms with Gasteiger partial charge in [0, 0.05) is 10.6 Å². The van der Waals surface area contributed by atoms with E-state index in [9.17, 15) is 14.4 Å². The van der Waals surface area contributed by atoms with Crippen molar-refractivity contribution in [3.63, 3.8) is 0 Å². The fourth-order valence-electron chi connectivity index (χ4n) is 3.42. The molecule has 1 unspecified atom stereocenters. The summed E-state index contributed by atoms with van der Waals surface area (Å²) in [5.41, 5.74) is -0.148. The van der Waals surface area contributed by atoms with Crippen LogP contribution in [0.3, 0.4) is 0 Å². The van der Waals surface area contributed by atoms with Gasteiger partial charge < -0.3 is 20.1 Å². The van der Waals surface area contributed by atoms with Crippen LogP contribution in [0.15, 0.2) is 60.0 Å². The molecule has 0 spiro atoms. The van der Waals surface area contributed by atoms with E-state index in [0.717, 1.165) is 9.80 Å². The third-order valence-corrected chi connectivity index (χ3v) is 6.11. The first-order valence-corrected chi connectivity index (χ1v) is 10.6. The molecule has 2 aromatic carbocycles. The van der Waals surface area contributed by atoms with E-state index in [1.165, 1.54) is 11.8 Å². The Hall–Kier alpha value is -3.46. The molecule has 1 fully saturated rings. The zero-order chi connectivity index (χ0) is 22.0. The summed E-state index contributed by atoms with van der Waals surface area (Å²) in [6.45, 7) is 5.01. The lowest BCUT2D eigenvalue weighted by Gasteiger charge is -2.22. The second-order valence-corrected chi connectivity index (χ2v) is 8.22. The molecule has 2 N–H and O–H groups in total. The Morgan fingerprint density at radius 2 is 2.03 bits per heavy atom. The summed E-state index contributed by atoms with van der Waals surface area (Å²) in [4.78, 5) is 40.1. The van der Waals surface area contributed by atoms with Gasteiger partial charge in [-0.2, -0.15) is 0 Å². The van der Waals surface area contributed by atoms with Gasteiger partial charge in [0.15, 0.2) is 11.5 Å². The van der Waals surface area contributed by atoms with Crippen LogP contribution in [0.25, 0.3) is 0 Å². The normalized spacial score (nSPS) is 19.3. The van der Waals surface area contributed by atoms with Gasteiger partial charge in [0.2, 0.25) is 12.7 Å². The predicted octanol–water partition coefficient (Wildman–Crippen LogP) is 3.10. The molecule has 9 heteroatoms. The number of imide groups is 1. The smallest absolute Gasteiger partial charge is 0.325 e. The number of carbonyl (C=O) groups excluding carboxylic acids is 3. The van der Waals surface area contributed by atoms with Crippen LogP contribution in [-0.2, 0) is 15.1 Å². The van der Waals surface area contributed by atoms with Gasteiger partial charge >= 0.3 is 6.03 Å². The molecule has 4 rings (SSSR count). The lowest BCUT2D eigenvalue weighted by molar-refractivity contribution is -0.133. The molecular formula is C22H21N3O5S. The number of nitrogens with one attached hydrogen (secondary N) is 2. The van der Waals surface area contributed by atoms with Crippen molar-refractivity contribution in [3.05, 3.63) is 60.7 Å². The number of fused-ring (bicyclic) bond motifs is 1. The maximum Gasteiger partial charge on any atom is 0.325 e. The largest absolute Gasteiger partial charge is 0.454 e. The molecular weight excluding hydrogens is 418 g/mol. The number of carbonyl (C=O) groups is 3. The number of amides is 4. The van der Waals surface area contributed by atoms with Gasteiger partial charge in [-0.3, -0.25) is 14.5 Å². The molecule has 4 amide bonds. The summed E-state index contributed by atoms with van der Waals surface area (Å²) in [5.74, 6) is 0.790. The topological polar surface area (TPSA) is 97.0 Å². The lowest BCUT2D eigenvalue weighted by atomic mass is 9.91. The van der Waals surface area contributed by atoms with Gasteiger partial charge in [0.05, 0.1) is 5.69 Å². The number of benzene rings is 2. The van der Waals surface area contributed by atoms with Crippen molar-refractivity contribution in [1.82, 2.24) is 10.2 Å². The van der Waals surface area contributed by atoms with E-state index in [2.05, 4.69) is 17.2 Å². The van der Waals surface area contributed by atoms with Crippen molar-refractivity contribution < 1.29 is 23.9 Å². The Kier molecular flexibility index (Phi) is 5.60. The van der Waals surface area contributed by atoms with E-state index in [-0.39, 0.29) is 6.79 Å². The van der Waals surface area contributed by atoms with Crippen molar-refractivity contribution in [2.24, 2.45) is 0 Å². The van der Waals surface area contributed by atoms with Crippen LogP contribution < -0.4 is 20.1 Å². The van der Waals surface area contributed by atoms with Crippen LogP contribution in [0.1, 0.15) is 12.5 Å². The number of nitrogens with zero attached hydrogens (tertiary/aromatic N) is 1. The lowest BCUT2D eigenvalue weighted by Crippen LogP contribution is -2.42. The SMILES string of the molecule is C=CCSc1ccccc1NC(=O)CN1C(=O)NC(C)(c2ccc3c(c2)OCO3)C1=O.